The second-order valence-electron chi connectivity index (χ2n) is 6.97. The SMILES string of the molecule is CC(C)(C)OC(=O)N[C@@H](Cc1ccc(N(CCN)CCN)cc1)C(=O)O. The molecule has 0 spiro atoms. The normalized spacial score (nSPS) is 12.3. The number of carboxylic acids is 1. The van der Waals surface area contributed by atoms with Crippen molar-refractivity contribution in [3.63, 3.8) is 0 Å². The second-order valence-corrected chi connectivity index (χ2v) is 6.97. The summed E-state index contributed by atoms with van der Waals surface area (Å²) in [5.74, 6) is -1.12. The van der Waals surface area contributed by atoms with Gasteiger partial charge in [0, 0.05) is 38.3 Å². The van der Waals surface area contributed by atoms with Crippen LogP contribution in [0.5, 0.6) is 0 Å². The van der Waals surface area contributed by atoms with Crippen LogP contribution < -0.4 is 21.7 Å². The zero-order valence-electron chi connectivity index (χ0n) is 15.7. The first-order valence-corrected chi connectivity index (χ1v) is 8.62. The number of carbonyl (C=O) groups is 2. The first-order valence-electron chi connectivity index (χ1n) is 8.62. The molecule has 1 aromatic carbocycles. The maximum absolute atomic E-state index is 11.8. The third kappa shape index (κ3) is 7.71. The molecule has 0 radical (unpaired) electrons. The Morgan fingerprint density at radius 3 is 2.12 bits per heavy atom. The van der Waals surface area contributed by atoms with Crippen LogP contribution in [0.2, 0.25) is 0 Å². The lowest BCUT2D eigenvalue weighted by atomic mass is 10.1. The molecule has 6 N–H and O–H groups in total. The van der Waals surface area contributed by atoms with Crippen LogP contribution in [0.25, 0.3) is 0 Å². The summed E-state index contributed by atoms with van der Waals surface area (Å²) in [6.45, 7) is 7.56. The minimum atomic E-state index is -1.12. The Bertz CT molecular complexity index is 578. The highest BCUT2D eigenvalue weighted by Gasteiger charge is 2.24. The number of hydrogen-bond donors (Lipinski definition) is 4. The molecule has 0 unspecified atom stereocenters. The van der Waals surface area contributed by atoms with Gasteiger partial charge >= 0.3 is 12.1 Å². The molecule has 0 aliphatic rings. The lowest BCUT2D eigenvalue weighted by Gasteiger charge is -2.24. The number of aliphatic carboxylic acids is 1. The molecule has 1 aromatic rings. The molecule has 0 aromatic heterocycles. The molecule has 1 rings (SSSR count). The van der Waals surface area contributed by atoms with Crippen molar-refractivity contribution in [2.24, 2.45) is 11.5 Å². The Morgan fingerprint density at radius 2 is 1.69 bits per heavy atom. The van der Waals surface area contributed by atoms with Gasteiger partial charge in [0.15, 0.2) is 0 Å². The van der Waals surface area contributed by atoms with Crippen molar-refractivity contribution in [3.8, 4) is 0 Å². The Kier molecular flexibility index (Phi) is 8.34. The Balaban J connectivity index is 2.77. The molecule has 0 saturated carbocycles. The third-order valence-electron chi connectivity index (χ3n) is 3.53. The molecule has 0 aliphatic carbocycles. The van der Waals surface area contributed by atoms with Gasteiger partial charge < -0.3 is 31.5 Å². The van der Waals surface area contributed by atoms with Gasteiger partial charge in [0.1, 0.15) is 11.6 Å². The maximum atomic E-state index is 11.8. The van der Waals surface area contributed by atoms with E-state index in [-0.39, 0.29) is 6.42 Å². The van der Waals surface area contributed by atoms with Gasteiger partial charge in [0.05, 0.1) is 0 Å². The molecule has 1 amide bonds. The molecule has 26 heavy (non-hydrogen) atoms. The lowest BCUT2D eigenvalue weighted by Crippen LogP contribution is -2.44. The van der Waals surface area contributed by atoms with Crippen LogP contribution >= 0.6 is 0 Å². The van der Waals surface area contributed by atoms with Gasteiger partial charge in [-0.1, -0.05) is 12.1 Å². The summed E-state index contributed by atoms with van der Waals surface area (Å²) in [7, 11) is 0. The number of anilines is 1. The van der Waals surface area contributed by atoms with Gasteiger partial charge in [0.25, 0.3) is 0 Å². The number of amides is 1. The number of benzene rings is 1. The number of nitrogens with two attached hydrogens (primary N) is 2. The maximum Gasteiger partial charge on any atom is 0.408 e. The van der Waals surface area contributed by atoms with E-state index in [9.17, 15) is 14.7 Å². The van der Waals surface area contributed by atoms with Crippen molar-refractivity contribution in [2.45, 2.75) is 38.8 Å². The fourth-order valence-electron chi connectivity index (χ4n) is 2.41. The quantitative estimate of drug-likeness (QED) is 0.511. The number of ether oxygens (including phenoxy) is 1. The average molecular weight is 366 g/mol. The van der Waals surface area contributed by atoms with E-state index in [1.165, 1.54) is 0 Å². The van der Waals surface area contributed by atoms with E-state index in [2.05, 4.69) is 10.2 Å². The second kappa shape index (κ2) is 9.98. The molecule has 8 heteroatoms. The predicted molar refractivity (Wildman–Crippen MR) is 101 cm³/mol. The van der Waals surface area contributed by atoms with Gasteiger partial charge in [-0.25, -0.2) is 9.59 Å². The smallest absolute Gasteiger partial charge is 0.408 e. The summed E-state index contributed by atoms with van der Waals surface area (Å²) in [4.78, 5) is 25.3. The fourth-order valence-corrected chi connectivity index (χ4v) is 2.41. The monoisotopic (exact) mass is 366 g/mol. The van der Waals surface area contributed by atoms with Crippen molar-refractivity contribution in [3.05, 3.63) is 29.8 Å². The van der Waals surface area contributed by atoms with Crippen LogP contribution in [0, 0.1) is 0 Å². The van der Waals surface area contributed by atoms with Crippen molar-refractivity contribution < 1.29 is 19.4 Å². The number of nitrogens with zero attached hydrogens (tertiary/aromatic N) is 1. The van der Waals surface area contributed by atoms with Gasteiger partial charge in [0.2, 0.25) is 0 Å². The topological polar surface area (TPSA) is 131 Å². The standard InChI is InChI=1S/C18H30N4O4/c1-18(2,3)26-17(25)21-15(16(23)24)12-13-4-6-14(7-5-13)22(10-8-19)11-9-20/h4-7,15H,8-12,19-20H2,1-3H3,(H,21,25)(H,23,24)/t15-/m0/s1. The first kappa shape index (κ1) is 21.7. The van der Waals surface area contributed by atoms with E-state index in [4.69, 9.17) is 16.2 Å². The minimum Gasteiger partial charge on any atom is -0.480 e. The molecule has 0 fully saturated rings. The number of rotatable bonds is 9. The van der Waals surface area contributed by atoms with Crippen molar-refractivity contribution >= 4 is 17.7 Å². The highest BCUT2D eigenvalue weighted by molar-refractivity contribution is 5.80. The molecule has 8 nitrogen and oxygen atoms in total. The highest BCUT2D eigenvalue weighted by Crippen LogP contribution is 2.16. The molecule has 0 aliphatic heterocycles. The highest BCUT2D eigenvalue weighted by atomic mass is 16.6. The number of alkyl carbamates (subject to hydrolysis) is 1. The molecule has 0 heterocycles. The molecule has 1 atom stereocenters. The van der Waals surface area contributed by atoms with Crippen LogP contribution in [0.3, 0.4) is 0 Å². The van der Waals surface area contributed by atoms with Crippen LogP contribution in [0.1, 0.15) is 26.3 Å². The van der Waals surface area contributed by atoms with Gasteiger partial charge in [-0.15, -0.1) is 0 Å². The van der Waals surface area contributed by atoms with Gasteiger partial charge in [-0.2, -0.15) is 0 Å². The van der Waals surface area contributed by atoms with Crippen molar-refractivity contribution in [1.82, 2.24) is 5.32 Å². The first-order chi connectivity index (χ1) is 12.2. The van der Waals surface area contributed by atoms with E-state index in [1.807, 2.05) is 24.3 Å². The minimum absolute atomic E-state index is 0.155. The summed E-state index contributed by atoms with van der Waals surface area (Å²) < 4.78 is 5.12. The Labute approximate surface area is 154 Å². The largest absolute Gasteiger partial charge is 0.480 e. The zero-order valence-corrected chi connectivity index (χ0v) is 15.7. The summed E-state index contributed by atoms with van der Waals surface area (Å²) in [6, 6.07) is 6.39. The van der Waals surface area contributed by atoms with E-state index in [0.717, 1.165) is 11.3 Å². The number of hydrogen-bond acceptors (Lipinski definition) is 6. The van der Waals surface area contributed by atoms with E-state index in [1.54, 1.807) is 20.8 Å². The lowest BCUT2D eigenvalue weighted by molar-refractivity contribution is -0.139. The van der Waals surface area contributed by atoms with Crippen molar-refractivity contribution in [2.75, 3.05) is 31.1 Å². The number of carboxylic acid groups (broad SMARTS) is 1. The number of nitrogens with one attached hydrogen (secondary N) is 1. The van der Waals surface area contributed by atoms with Crippen LogP contribution in [0.15, 0.2) is 24.3 Å². The van der Waals surface area contributed by atoms with E-state index < -0.39 is 23.7 Å². The fraction of sp³-hybridized carbons (Fsp3) is 0.556. The van der Waals surface area contributed by atoms with Crippen molar-refractivity contribution in [1.29, 1.82) is 0 Å². The van der Waals surface area contributed by atoms with Crippen LogP contribution in [0.4, 0.5) is 10.5 Å². The molecular formula is C18H30N4O4. The van der Waals surface area contributed by atoms with Crippen LogP contribution in [-0.4, -0.2) is 55.0 Å². The number of carbonyl (C=O) groups excluding carboxylic acids is 1. The van der Waals surface area contributed by atoms with E-state index in [0.29, 0.717) is 26.2 Å². The van der Waals surface area contributed by atoms with Crippen LogP contribution in [-0.2, 0) is 16.0 Å². The third-order valence-corrected chi connectivity index (χ3v) is 3.53. The van der Waals surface area contributed by atoms with Gasteiger partial charge in [-0.3, -0.25) is 0 Å². The molecule has 0 bridgehead atoms. The predicted octanol–water partition coefficient (Wildman–Crippen LogP) is 0.931. The Morgan fingerprint density at radius 1 is 1.15 bits per heavy atom. The van der Waals surface area contributed by atoms with Gasteiger partial charge in [-0.05, 0) is 38.5 Å². The summed E-state index contributed by atoms with van der Waals surface area (Å²) >= 11 is 0. The zero-order chi connectivity index (χ0) is 19.7. The Hall–Kier alpha value is -2.32. The molecular weight excluding hydrogens is 336 g/mol. The summed E-state index contributed by atoms with van der Waals surface area (Å²) in [5.41, 5.74) is 12.3. The molecule has 146 valence electrons. The molecule has 0 saturated heterocycles. The summed E-state index contributed by atoms with van der Waals surface area (Å²) in [5, 5.41) is 11.8. The van der Waals surface area contributed by atoms with E-state index >= 15 is 0 Å². The average Bonchev–Trinajstić information content (AvgIpc) is 2.53. The summed E-state index contributed by atoms with van der Waals surface area (Å²) in [6.07, 6.45) is -0.596.